The van der Waals surface area contributed by atoms with Crippen LogP contribution in [0.3, 0.4) is 0 Å². The maximum Gasteiger partial charge on any atom is 0.510 e. The summed E-state index contributed by atoms with van der Waals surface area (Å²) in [6.07, 6.45) is -7.93. The molecule has 1 saturated heterocycles. The van der Waals surface area contributed by atoms with Crippen LogP contribution in [0.25, 0.3) is 16.8 Å². The zero-order chi connectivity index (χ0) is 66.9. The number of Topliss-reactive ketones (excluding diaryl/α,β-unsaturated/α-hetero) is 1. The van der Waals surface area contributed by atoms with E-state index in [1.807, 2.05) is 255 Å². The highest BCUT2D eigenvalue weighted by Gasteiger charge is 2.79. The number of ketones is 1. The Morgan fingerprint density at radius 3 is 1.48 bits per heavy atom. The van der Waals surface area contributed by atoms with Gasteiger partial charge in [-0.1, -0.05) is 263 Å². The molecule has 14 nitrogen and oxygen atoms in total. The molecule has 1 heterocycles. The van der Waals surface area contributed by atoms with E-state index in [2.05, 4.69) is 0 Å². The van der Waals surface area contributed by atoms with Gasteiger partial charge >= 0.3 is 24.2 Å². The number of fused-ring (bicyclic) bond motifs is 6. The fourth-order valence-corrected chi connectivity index (χ4v) is 15.6. The number of carbonyl (C=O) groups excluding carboxylic acids is 5. The van der Waals surface area contributed by atoms with Crippen molar-refractivity contribution in [2.24, 2.45) is 16.7 Å². The van der Waals surface area contributed by atoms with Gasteiger partial charge in [-0.15, -0.1) is 0 Å². The quantitative estimate of drug-likeness (QED) is 0.0299. The van der Waals surface area contributed by atoms with Crippen molar-refractivity contribution >= 4 is 46.9 Å². The molecule has 9 aromatic rings. The Morgan fingerprint density at radius 2 is 1.02 bits per heavy atom. The average molecular weight is 1280 g/mol. The van der Waals surface area contributed by atoms with Crippen LogP contribution in [0, 0.1) is 16.7 Å². The number of ether oxygens (including phenoxy) is 8. The van der Waals surface area contributed by atoms with Crippen molar-refractivity contribution < 1.29 is 67.0 Å². The first kappa shape index (κ1) is 64.5. The summed E-state index contributed by atoms with van der Waals surface area (Å²) < 4.78 is 54.5. The van der Waals surface area contributed by atoms with E-state index >= 15 is 14.4 Å². The molecule has 0 radical (unpaired) electrons. The van der Waals surface area contributed by atoms with Crippen LogP contribution in [-0.2, 0) is 70.1 Å². The van der Waals surface area contributed by atoms with Gasteiger partial charge in [0.2, 0.25) is 0 Å². The Bertz CT molecular complexity index is 4180. The highest BCUT2D eigenvalue weighted by Crippen LogP contribution is 2.65. The van der Waals surface area contributed by atoms with Gasteiger partial charge < -0.3 is 43.0 Å². The summed E-state index contributed by atoms with van der Waals surface area (Å²) in [5.74, 6) is -3.92. The monoisotopic (exact) mass is 1280 g/mol. The van der Waals surface area contributed by atoms with Gasteiger partial charge in [0.1, 0.15) is 23.9 Å². The minimum absolute atomic E-state index is 0.0540. The third kappa shape index (κ3) is 11.4. The Morgan fingerprint density at radius 1 is 0.573 bits per heavy atom. The van der Waals surface area contributed by atoms with Crippen LogP contribution in [0.2, 0.25) is 0 Å². The van der Waals surface area contributed by atoms with Crippen LogP contribution in [0.15, 0.2) is 272 Å². The molecule has 1 N–H and O–H groups in total. The first-order valence-corrected chi connectivity index (χ1v) is 32.4. The smallest absolute Gasteiger partial charge is 0.455 e. The first-order chi connectivity index (χ1) is 46.4. The molecule has 3 fully saturated rings. The van der Waals surface area contributed by atoms with Crippen LogP contribution < -0.4 is 0 Å². The number of rotatable bonds is 17. The van der Waals surface area contributed by atoms with Gasteiger partial charge in [0, 0.05) is 70.6 Å². The van der Waals surface area contributed by atoms with Crippen molar-refractivity contribution in [3.63, 3.8) is 0 Å². The summed E-state index contributed by atoms with van der Waals surface area (Å²) in [4.78, 5) is 78.3. The Balaban J connectivity index is 1.01. The SMILES string of the molecule is CC(=O)O[C@@]12CO[C@@H]1C[C@H](OC(=O)OC(c1ccccc1)(c1ccccc1)c1ccccc1)[C@@]1(C)C(=O)[C@H](OC(=O)OC(c3ccccc3)(c3ccccc3)c3ccccc3)C3=C(C)[C@@H](OC(=O)/C=C/c4ccc5ccccc5c4)C[C@@](O)([C@@H](OCc4ccccc4)[C@H]21)C3(C)C. The molecule has 14 heteroatoms. The molecule has 9 atom stereocenters. The van der Waals surface area contributed by atoms with Gasteiger partial charge in [-0.05, 0) is 59.0 Å². The first-order valence-electron chi connectivity index (χ1n) is 32.4. The highest BCUT2D eigenvalue weighted by atomic mass is 16.7. The molecule has 0 spiro atoms. The van der Waals surface area contributed by atoms with E-state index in [1.165, 1.54) is 13.0 Å². The normalized spacial score (nSPS) is 24.4. The lowest BCUT2D eigenvalue weighted by Gasteiger charge is -2.68. The molecule has 9 aromatic carbocycles. The van der Waals surface area contributed by atoms with Gasteiger partial charge in [0.15, 0.2) is 28.7 Å². The molecule has 0 amide bonds. The van der Waals surface area contributed by atoms with Crippen LogP contribution in [0.1, 0.15) is 92.0 Å². The lowest BCUT2D eigenvalue weighted by Crippen LogP contribution is -2.82. The number of hydrogen-bond acceptors (Lipinski definition) is 14. The second-order valence-electron chi connectivity index (χ2n) is 26.0. The van der Waals surface area contributed by atoms with Gasteiger partial charge in [-0.3, -0.25) is 9.59 Å². The molecule has 0 aromatic heterocycles. The summed E-state index contributed by atoms with van der Waals surface area (Å²) in [5, 5.41) is 16.8. The molecule has 1 aliphatic heterocycles. The third-order valence-electron chi connectivity index (χ3n) is 20.3. The lowest BCUT2D eigenvalue weighted by molar-refractivity contribution is -0.352. The predicted octanol–water partition coefficient (Wildman–Crippen LogP) is 15.2. The summed E-state index contributed by atoms with van der Waals surface area (Å²) in [6, 6.07) is 78.0. The number of aliphatic hydroxyl groups is 1. The van der Waals surface area contributed by atoms with Gasteiger partial charge in [-0.25, -0.2) is 14.4 Å². The number of carbonyl (C=O) groups is 5. The predicted molar refractivity (Wildman–Crippen MR) is 361 cm³/mol. The Hall–Kier alpha value is -10.3. The molecule has 0 unspecified atom stereocenters. The second kappa shape index (κ2) is 26.2. The fourth-order valence-electron chi connectivity index (χ4n) is 15.6. The second-order valence-corrected chi connectivity index (χ2v) is 26.0. The molecular weight excluding hydrogens is 1210 g/mol. The van der Waals surface area contributed by atoms with E-state index in [1.54, 1.807) is 33.8 Å². The summed E-state index contributed by atoms with van der Waals surface area (Å²) >= 11 is 0. The highest BCUT2D eigenvalue weighted by molar-refractivity contribution is 5.95. The minimum Gasteiger partial charge on any atom is -0.455 e. The van der Waals surface area contributed by atoms with Crippen LogP contribution in [0.5, 0.6) is 0 Å². The third-order valence-corrected chi connectivity index (χ3v) is 20.3. The molecule has 2 bridgehead atoms. The van der Waals surface area contributed by atoms with E-state index in [9.17, 15) is 14.7 Å². The molecule has 3 aliphatic carbocycles. The van der Waals surface area contributed by atoms with Crippen molar-refractivity contribution in [2.75, 3.05) is 6.61 Å². The molecule has 13 rings (SSSR count). The maximum absolute atomic E-state index is 17.7. The van der Waals surface area contributed by atoms with E-state index in [0.717, 1.165) is 16.3 Å². The minimum atomic E-state index is -2.29. The zero-order valence-electron chi connectivity index (χ0n) is 54.0. The lowest BCUT2D eigenvalue weighted by atomic mass is 9.44. The van der Waals surface area contributed by atoms with Crippen molar-refractivity contribution in [1.82, 2.24) is 0 Å². The van der Waals surface area contributed by atoms with Crippen LogP contribution >= 0.6 is 0 Å². The van der Waals surface area contributed by atoms with Gasteiger partial charge in [0.05, 0.1) is 24.7 Å². The van der Waals surface area contributed by atoms with Crippen molar-refractivity contribution in [2.45, 2.75) is 107 Å². The number of hydrogen-bond donors (Lipinski definition) is 1. The van der Waals surface area contributed by atoms with Gasteiger partial charge in [-0.2, -0.15) is 0 Å². The van der Waals surface area contributed by atoms with Crippen molar-refractivity contribution in [1.29, 1.82) is 0 Å². The molecule has 96 heavy (non-hydrogen) atoms. The standard InChI is InChI=1S/C82H74O14/c1-54-66(91-69(84)48-46-56-45-47-58-31-27-28-32-59(58)49-56)51-80(88)74(89-52-57-29-13-6-14-30-57)72-78(5,73(85)71(70(54)77(80,3)4)93-76(87)96-82(63-39-21-10-22-40-63,64-41-23-11-24-42-64)65-43-25-12-26-44-65)67(50-68-79(72,53-90-68)94-55(2)83)92-75(86)95-81(60-33-15-7-16-34-60,61-35-17-8-18-36-61)62-37-19-9-20-38-62/h6-49,66-68,71-72,74,88H,50-53H2,1-5H3/b48-46+/t66-,67-,68+,71+,72-,74-,78+,79-,80+/m0/s1. The largest absolute Gasteiger partial charge is 0.510 e. The molecule has 4 aliphatic rings. The van der Waals surface area contributed by atoms with E-state index in [-0.39, 0.29) is 37.2 Å². The summed E-state index contributed by atoms with van der Waals surface area (Å²) in [6.45, 7) is 7.47. The van der Waals surface area contributed by atoms with Crippen molar-refractivity contribution in [3.05, 3.63) is 317 Å². The molecule has 486 valence electrons. The topological polar surface area (TPSA) is 179 Å². The molecule has 2 saturated carbocycles. The van der Waals surface area contributed by atoms with Crippen LogP contribution in [0.4, 0.5) is 9.59 Å². The Kier molecular flexibility index (Phi) is 17.6. The summed E-state index contributed by atoms with van der Waals surface area (Å²) in [7, 11) is 0. The van der Waals surface area contributed by atoms with E-state index < -0.39 is 99.7 Å². The number of esters is 2. The zero-order valence-corrected chi connectivity index (χ0v) is 54.0. The summed E-state index contributed by atoms with van der Waals surface area (Å²) in [5.41, 5.74) is -6.34. The van der Waals surface area contributed by atoms with Crippen LogP contribution in [-0.4, -0.2) is 83.5 Å². The van der Waals surface area contributed by atoms with E-state index in [4.69, 9.17) is 37.9 Å². The Labute approximate surface area is 558 Å². The average Bonchev–Trinajstić information content (AvgIpc) is 0.667. The van der Waals surface area contributed by atoms with Crippen molar-refractivity contribution in [3.8, 4) is 0 Å². The fraction of sp³-hybridized carbons (Fsp3) is 0.256. The van der Waals surface area contributed by atoms with E-state index in [0.29, 0.717) is 38.9 Å². The maximum atomic E-state index is 17.7. The molecular formula is C82H74O14. The van der Waals surface area contributed by atoms with Gasteiger partial charge in [0.25, 0.3) is 0 Å². The number of benzene rings is 9.